The van der Waals surface area contributed by atoms with Gasteiger partial charge in [-0.3, -0.25) is 4.79 Å². The van der Waals surface area contributed by atoms with Gasteiger partial charge in [-0.05, 0) is 26.0 Å². The van der Waals surface area contributed by atoms with Crippen molar-refractivity contribution in [3.05, 3.63) is 54.1 Å². The second kappa shape index (κ2) is 8.12. The number of hydrogen-bond acceptors (Lipinski definition) is 3. The van der Waals surface area contributed by atoms with E-state index >= 15 is 0 Å². The van der Waals surface area contributed by atoms with Crippen LogP contribution in [0.4, 0.5) is 0 Å². The minimum absolute atomic E-state index is 0. The van der Waals surface area contributed by atoms with Crippen LogP contribution in [-0.4, -0.2) is 38.6 Å². The van der Waals surface area contributed by atoms with Gasteiger partial charge in [-0.15, -0.1) is 0 Å². The molecule has 0 saturated carbocycles. The van der Waals surface area contributed by atoms with Crippen molar-refractivity contribution in [1.82, 2.24) is 0 Å². The van der Waals surface area contributed by atoms with Gasteiger partial charge in [0.05, 0.1) is 19.8 Å². The molecule has 0 heterocycles. The monoisotopic (exact) mass is 281 g/mol. The van der Waals surface area contributed by atoms with Gasteiger partial charge in [0.25, 0.3) is 0 Å². The summed E-state index contributed by atoms with van der Waals surface area (Å²) in [5.74, 6) is 1.23. The third-order valence-corrected chi connectivity index (χ3v) is 3.80. The average Bonchev–Trinajstić information content (AvgIpc) is 2.47. The molecule has 0 N–H and O–H groups in total. The summed E-state index contributed by atoms with van der Waals surface area (Å²) in [7, 11) is 3.23. The molecule has 2 aromatic rings. The SMILES string of the molecule is COc1ccc(C(=O)Pc2ccccc2)c(OC)c1.[Li]. The van der Waals surface area contributed by atoms with E-state index in [4.69, 9.17) is 9.47 Å². The Hall–Kier alpha value is -1.26. The summed E-state index contributed by atoms with van der Waals surface area (Å²) in [6, 6.07) is 14.9. The van der Waals surface area contributed by atoms with Gasteiger partial charge in [0.1, 0.15) is 11.5 Å². The van der Waals surface area contributed by atoms with Gasteiger partial charge < -0.3 is 9.47 Å². The van der Waals surface area contributed by atoms with E-state index in [1.54, 1.807) is 32.4 Å². The Morgan fingerprint density at radius 1 is 1.00 bits per heavy atom. The number of methoxy groups -OCH3 is 2. The molecule has 2 aromatic carbocycles. The molecule has 2 rings (SSSR count). The molecule has 5 heteroatoms. The van der Waals surface area contributed by atoms with Gasteiger partial charge in [0.15, 0.2) is 5.52 Å². The van der Waals surface area contributed by atoms with Crippen molar-refractivity contribution in [2.75, 3.05) is 14.2 Å². The fourth-order valence-electron chi connectivity index (χ4n) is 1.71. The predicted octanol–water partition coefficient (Wildman–Crippen LogP) is 2.47. The third-order valence-electron chi connectivity index (χ3n) is 2.68. The van der Waals surface area contributed by atoms with Gasteiger partial charge in [0.2, 0.25) is 0 Å². The maximum Gasteiger partial charge on any atom is 0.189 e. The number of hydrogen-bond donors (Lipinski definition) is 0. The van der Waals surface area contributed by atoms with Crippen molar-refractivity contribution in [2.45, 2.75) is 0 Å². The molecule has 0 aliphatic rings. The van der Waals surface area contributed by atoms with Crippen LogP contribution in [0.25, 0.3) is 0 Å². The number of carbonyl (C=O) groups is 1. The molecule has 1 atom stereocenters. The molecule has 0 amide bonds. The topological polar surface area (TPSA) is 35.5 Å². The minimum Gasteiger partial charge on any atom is -0.497 e. The number of carbonyl (C=O) groups excluding carboxylic acids is 1. The van der Waals surface area contributed by atoms with Crippen molar-refractivity contribution in [3.8, 4) is 11.5 Å². The van der Waals surface area contributed by atoms with E-state index in [-0.39, 0.29) is 33.0 Å². The van der Waals surface area contributed by atoms with Gasteiger partial charge in [-0.25, -0.2) is 0 Å². The van der Waals surface area contributed by atoms with E-state index in [2.05, 4.69) is 0 Å². The largest absolute Gasteiger partial charge is 0.497 e. The Balaban J connectivity index is 0.00000200. The molecule has 0 aromatic heterocycles. The van der Waals surface area contributed by atoms with E-state index < -0.39 is 0 Å². The standard InChI is InChI=1S/C15H15O3P.Li/c1-17-11-8-9-13(14(10-11)18-2)15(16)19-12-6-4-3-5-7-12;/h3-10,19H,1-2H3;. The van der Waals surface area contributed by atoms with Crippen LogP contribution in [0.3, 0.4) is 0 Å². The van der Waals surface area contributed by atoms with Crippen LogP contribution in [0.15, 0.2) is 48.5 Å². The maximum absolute atomic E-state index is 12.3. The first-order chi connectivity index (χ1) is 9.24. The summed E-state index contributed by atoms with van der Waals surface area (Å²) < 4.78 is 10.4. The summed E-state index contributed by atoms with van der Waals surface area (Å²) in [6.07, 6.45) is 0. The number of ether oxygens (including phenoxy) is 2. The van der Waals surface area contributed by atoms with Crippen molar-refractivity contribution < 1.29 is 14.3 Å². The molecule has 0 aliphatic carbocycles. The van der Waals surface area contributed by atoms with Crippen molar-refractivity contribution in [3.63, 3.8) is 0 Å². The van der Waals surface area contributed by atoms with Crippen LogP contribution >= 0.6 is 8.58 Å². The van der Waals surface area contributed by atoms with Gasteiger partial charge in [-0.2, -0.15) is 0 Å². The number of rotatable bonds is 5. The first-order valence-electron chi connectivity index (χ1n) is 5.83. The first-order valence-corrected chi connectivity index (χ1v) is 6.83. The smallest absolute Gasteiger partial charge is 0.189 e. The minimum atomic E-state index is 0. The van der Waals surface area contributed by atoms with Gasteiger partial charge in [-0.1, -0.05) is 30.3 Å². The van der Waals surface area contributed by atoms with Crippen LogP contribution in [-0.2, 0) is 0 Å². The van der Waals surface area contributed by atoms with Crippen molar-refractivity contribution in [2.24, 2.45) is 0 Å². The van der Waals surface area contributed by atoms with E-state index in [0.29, 0.717) is 17.1 Å². The zero-order valence-electron chi connectivity index (χ0n) is 11.8. The zero-order valence-corrected chi connectivity index (χ0v) is 12.8. The van der Waals surface area contributed by atoms with Gasteiger partial charge >= 0.3 is 0 Å². The second-order valence-corrected chi connectivity index (χ2v) is 5.17. The van der Waals surface area contributed by atoms with E-state index in [1.807, 2.05) is 30.3 Å². The molecule has 99 valence electrons. The van der Waals surface area contributed by atoms with Crippen molar-refractivity contribution >= 4 is 38.3 Å². The Morgan fingerprint density at radius 2 is 1.70 bits per heavy atom. The molecule has 0 spiro atoms. The molecule has 1 unspecified atom stereocenters. The summed E-state index contributed by atoms with van der Waals surface area (Å²) in [4.78, 5) is 12.3. The molecule has 1 radical (unpaired) electrons. The fourth-order valence-corrected chi connectivity index (χ4v) is 2.67. The zero-order chi connectivity index (χ0) is 13.7. The molecule has 20 heavy (non-hydrogen) atoms. The summed E-state index contributed by atoms with van der Waals surface area (Å²) >= 11 is 0. The average molecular weight is 281 g/mol. The van der Waals surface area contributed by atoms with E-state index in [0.717, 1.165) is 5.30 Å². The van der Waals surface area contributed by atoms with Crippen LogP contribution in [0.1, 0.15) is 10.4 Å². The van der Waals surface area contributed by atoms with E-state index in [9.17, 15) is 4.79 Å². The van der Waals surface area contributed by atoms with Crippen LogP contribution in [0.5, 0.6) is 11.5 Å². The summed E-state index contributed by atoms with van der Waals surface area (Å²) in [6.45, 7) is 0. The summed E-state index contributed by atoms with van der Waals surface area (Å²) in [5.41, 5.74) is 0.649. The molecule has 0 bridgehead atoms. The summed E-state index contributed by atoms with van der Waals surface area (Å²) in [5, 5.41) is 1.02. The quantitative estimate of drug-likeness (QED) is 0.624. The maximum atomic E-state index is 12.3. The predicted molar refractivity (Wildman–Crippen MR) is 84.0 cm³/mol. The normalized spacial score (nSPS) is 10.1. The van der Waals surface area contributed by atoms with Gasteiger partial charge in [0, 0.05) is 24.9 Å². The number of benzene rings is 2. The first kappa shape index (κ1) is 16.8. The molecule has 0 fully saturated rings. The Bertz CT molecular complexity index is 573. The molecule has 3 nitrogen and oxygen atoms in total. The third kappa shape index (κ3) is 4.12. The molecular formula is C15H15LiO3P. The molecular weight excluding hydrogens is 266 g/mol. The molecule has 0 aliphatic heterocycles. The van der Waals surface area contributed by atoms with Crippen LogP contribution in [0, 0.1) is 0 Å². The second-order valence-electron chi connectivity index (χ2n) is 3.89. The fraction of sp³-hybridized carbons (Fsp3) is 0.133. The van der Waals surface area contributed by atoms with Crippen LogP contribution < -0.4 is 14.8 Å². The van der Waals surface area contributed by atoms with Crippen LogP contribution in [0.2, 0.25) is 0 Å². The Kier molecular flexibility index (Phi) is 6.82. The Labute approximate surface area is 132 Å². The van der Waals surface area contributed by atoms with E-state index in [1.165, 1.54) is 0 Å². The Morgan fingerprint density at radius 3 is 2.30 bits per heavy atom. The molecule has 0 saturated heterocycles. The van der Waals surface area contributed by atoms with Crippen molar-refractivity contribution in [1.29, 1.82) is 0 Å².